The molecule has 1 aliphatic carbocycles. The summed E-state index contributed by atoms with van der Waals surface area (Å²) in [5.41, 5.74) is 3.81. The molecule has 0 unspecified atom stereocenters. The van der Waals surface area contributed by atoms with Gasteiger partial charge in [0, 0.05) is 35.7 Å². The third kappa shape index (κ3) is 4.19. The predicted octanol–water partition coefficient (Wildman–Crippen LogP) is 3.86. The van der Waals surface area contributed by atoms with Crippen LogP contribution in [0.1, 0.15) is 36.4 Å². The highest BCUT2D eigenvalue weighted by Gasteiger charge is 2.44. The molecule has 2 aromatic carbocycles. The minimum Gasteiger partial charge on any atom is -0.481 e. The number of methoxy groups -OCH3 is 1. The Morgan fingerprint density at radius 3 is 2.72 bits per heavy atom. The highest BCUT2D eigenvalue weighted by molar-refractivity contribution is 6.00. The van der Waals surface area contributed by atoms with Gasteiger partial charge < -0.3 is 15.0 Å². The molecule has 0 radical (unpaired) electrons. The Hall–Kier alpha value is -4.20. The first kappa shape index (κ1) is 22.3. The van der Waals surface area contributed by atoms with Crippen molar-refractivity contribution in [3.05, 3.63) is 84.2 Å². The van der Waals surface area contributed by atoms with E-state index in [-0.39, 0.29) is 36.2 Å². The molecule has 4 aromatic rings. The lowest BCUT2D eigenvalue weighted by molar-refractivity contribution is -0.123. The summed E-state index contributed by atoms with van der Waals surface area (Å²) in [5.74, 6) is 0.711. The van der Waals surface area contributed by atoms with Crippen molar-refractivity contribution in [2.24, 2.45) is 5.92 Å². The van der Waals surface area contributed by atoms with Crippen LogP contribution in [0.15, 0.2) is 73.1 Å². The Morgan fingerprint density at radius 2 is 1.94 bits per heavy atom. The van der Waals surface area contributed by atoms with Crippen LogP contribution in [-0.2, 0) is 16.1 Å². The van der Waals surface area contributed by atoms with Crippen LogP contribution in [0.4, 0.5) is 5.69 Å². The maximum atomic E-state index is 13.3. The quantitative estimate of drug-likeness (QED) is 0.433. The SMILES string of the molecule is COc1cc(Cn2ncc3cc(N4C(=O)C[C@@H](NC(=O)C5CC5)[C@@H]4c4ccccc4)ccc32)ccn1. The number of hydrogen-bond acceptors (Lipinski definition) is 5. The van der Waals surface area contributed by atoms with Crippen LogP contribution in [-0.4, -0.2) is 39.7 Å². The molecule has 182 valence electrons. The van der Waals surface area contributed by atoms with Crippen LogP contribution in [0.3, 0.4) is 0 Å². The number of anilines is 1. The van der Waals surface area contributed by atoms with E-state index in [4.69, 9.17) is 4.74 Å². The molecule has 6 rings (SSSR count). The number of nitrogens with zero attached hydrogens (tertiary/aromatic N) is 4. The standard InChI is InChI=1S/C28H27N5O3/c1-36-25-13-18(11-12-29-25)17-32-24-10-9-22(14-21(24)16-30-32)33-26(34)15-23(31-28(35)20-7-8-20)27(33)19-5-3-2-4-6-19/h2-6,9-14,16,20,23,27H,7-8,15,17H2,1H3,(H,31,35)/t23-,27+/m1/s1. The monoisotopic (exact) mass is 481 g/mol. The summed E-state index contributed by atoms with van der Waals surface area (Å²) in [6.07, 6.45) is 5.68. The molecule has 1 N–H and O–H groups in total. The molecule has 1 aliphatic heterocycles. The number of amides is 2. The predicted molar refractivity (Wildman–Crippen MR) is 136 cm³/mol. The number of nitrogens with one attached hydrogen (secondary N) is 1. The number of ether oxygens (including phenoxy) is 1. The van der Waals surface area contributed by atoms with E-state index in [0.29, 0.717) is 12.4 Å². The van der Waals surface area contributed by atoms with Gasteiger partial charge in [0.2, 0.25) is 17.7 Å². The minimum absolute atomic E-state index is 0.000530. The lowest BCUT2D eigenvalue weighted by Gasteiger charge is -2.29. The summed E-state index contributed by atoms with van der Waals surface area (Å²) in [4.78, 5) is 31.9. The van der Waals surface area contributed by atoms with Gasteiger partial charge in [-0.25, -0.2) is 4.98 Å². The average molecular weight is 482 g/mol. The van der Waals surface area contributed by atoms with Gasteiger partial charge in [-0.2, -0.15) is 5.10 Å². The molecular formula is C28H27N5O3. The summed E-state index contributed by atoms with van der Waals surface area (Å²) < 4.78 is 7.16. The van der Waals surface area contributed by atoms with Crippen molar-refractivity contribution >= 4 is 28.4 Å². The number of rotatable bonds is 7. The van der Waals surface area contributed by atoms with Crippen molar-refractivity contribution in [2.45, 2.75) is 37.9 Å². The second-order valence-electron chi connectivity index (χ2n) is 9.46. The molecule has 8 nitrogen and oxygen atoms in total. The van der Waals surface area contributed by atoms with Gasteiger partial charge >= 0.3 is 0 Å². The first-order chi connectivity index (χ1) is 17.6. The fourth-order valence-electron chi connectivity index (χ4n) is 5.03. The second kappa shape index (κ2) is 9.11. The van der Waals surface area contributed by atoms with Gasteiger partial charge in [0.15, 0.2) is 0 Å². The third-order valence-corrected chi connectivity index (χ3v) is 6.98. The number of fused-ring (bicyclic) bond motifs is 1. The zero-order valence-electron chi connectivity index (χ0n) is 20.0. The number of pyridine rings is 1. The van der Waals surface area contributed by atoms with Crippen LogP contribution in [0.5, 0.6) is 5.88 Å². The molecule has 2 atom stereocenters. The van der Waals surface area contributed by atoms with E-state index >= 15 is 0 Å². The van der Waals surface area contributed by atoms with E-state index in [9.17, 15) is 9.59 Å². The van der Waals surface area contributed by atoms with E-state index < -0.39 is 0 Å². The highest BCUT2D eigenvalue weighted by atomic mass is 16.5. The molecule has 36 heavy (non-hydrogen) atoms. The van der Waals surface area contributed by atoms with Gasteiger partial charge in [-0.3, -0.25) is 14.3 Å². The first-order valence-corrected chi connectivity index (χ1v) is 12.2. The van der Waals surface area contributed by atoms with E-state index in [0.717, 1.165) is 40.6 Å². The van der Waals surface area contributed by atoms with Gasteiger partial charge in [0.25, 0.3) is 0 Å². The van der Waals surface area contributed by atoms with Crippen molar-refractivity contribution in [1.82, 2.24) is 20.1 Å². The zero-order chi connectivity index (χ0) is 24.6. The average Bonchev–Trinajstić information content (AvgIpc) is 3.62. The van der Waals surface area contributed by atoms with Crippen LogP contribution in [0.25, 0.3) is 10.9 Å². The maximum absolute atomic E-state index is 13.3. The lowest BCUT2D eigenvalue weighted by atomic mass is 9.99. The number of aromatic nitrogens is 3. The van der Waals surface area contributed by atoms with Crippen molar-refractivity contribution in [2.75, 3.05) is 12.0 Å². The Labute approximate surface area is 208 Å². The fraction of sp³-hybridized carbons (Fsp3) is 0.286. The normalized spacial score (nSPS) is 19.6. The molecule has 2 aromatic heterocycles. The molecular weight excluding hydrogens is 454 g/mol. The molecule has 1 saturated heterocycles. The maximum Gasteiger partial charge on any atom is 0.229 e. The summed E-state index contributed by atoms with van der Waals surface area (Å²) in [5, 5.41) is 8.69. The molecule has 1 saturated carbocycles. The highest BCUT2D eigenvalue weighted by Crippen LogP contribution is 2.39. The Balaban J connectivity index is 1.32. The van der Waals surface area contributed by atoms with Gasteiger partial charge in [-0.05, 0) is 48.2 Å². The van der Waals surface area contributed by atoms with Crippen LogP contribution in [0.2, 0.25) is 0 Å². The summed E-state index contributed by atoms with van der Waals surface area (Å²) in [6.45, 7) is 0.576. The molecule has 2 aliphatic rings. The lowest BCUT2D eigenvalue weighted by Crippen LogP contribution is -2.40. The summed E-state index contributed by atoms with van der Waals surface area (Å²) in [7, 11) is 1.60. The first-order valence-electron chi connectivity index (χ1n) is 12.2. The Bertz CT molecular complexity index is 1430. The molecule has 0 spiro atoms. The number of carbonyl (C=O) groups excluding carboxylic acids is 2. The van der Waals surface area contributed by atoms with Gasteiger partial charge in [0.05, 0.1) is 37.5 Å². The van der Waals surface area contributed by atoms with Crippen LogP contribution in [0, 0.1) is 5.92 Å². The van der Waals surface area contributed by atoms with Gasteiger partial charge in [0.1, 0.15) is 0 Å². The van der Waals surface area contributed by atoms with Crippen LogP contribution >= 0.6 is 0 Å². The van der Waals surface area contributed by atoms with E-state index in [1.165, 1.54) is 0 Å². The van der Waals surface area contributed by atoms with Gasteiger partial charge in [-0.15, -0.1) is 0 Å². The fourth-order valence-corrected chi connectivity index (χ4v) is 5.03. The van der Waals surface area contributed by atoms with Gasteiger partial charge in [-0.1, -0.05) is 30.3 Å². The molecule has 0 bridgehead atoms. The Morgan fingerprint density at radius 1 is 1.11 bits per heavy atom. The molecule has 2 fully saturated rings. The van der Waals surface area contributed by atoms with Crippen LogP contribution < -0.4 is 15.0 Å². The molecule has 2 amide bonds. The largest absolute Gasteiger partial charge is 0.481 e. The Kier molecular flexibility index (Phi) is 5.64. The van der Waals surface area contributed by atoms with Crippen molar-refractivity contribution in [1.29, 1.82) is 0 Å². The molecule has 3 heterocycles. The number of carbonyl (C=O) groups is 2. The van der Waals surface area contributed by atoms with Crippen molar-refractivity contribution in [3.8, 4) is 5.88 Å². The smallest absolute Gasteiger partial charge is 0.229 e. The molecule has 8 heteroatoms. The van der Waals surface area contributed by atoms with E-state index in [2.05, 4.69) is 15.4 Å². The third-order valence-electron chi connectivity index (χ3n) is 6.98. The number of benzene rings is 2. The van der Waals surface area contributed by atoms with Crippen molar-refractivity contribution in [3.63, 3.8) is 0 Å². The van der Waals surface area contributed by atoms with Crippen molar-refractivity contribution < 1.29 is 14.3 Å². The van der Waals surface area contributed by atoms with E-state index in [1.807, 2.05) is 76.4 Å². The van der Waals surface area contributed by atoms with E-state index in [1.54, 1.807) is 13.3 Å². The second-order valence-corrected chi connectivity index (χ2v) is 9.46. The zero-order valence-corrected chi connectivity index (χ0v) is 20.0. The summed E-state index contributed by atoms with van der Waals surface area (Å²) in [6, 6.07) is 19.2. The summed E-state index contributed by atoms with van der Waals surface area (Å²) >= 11 is 0. The number of hydrogen-bond donors (Lipinski definition) is 1. The minimum atomic E-state index is -0.270. The topological polar surface area (TPSA) is 89.4 Å².